The van der Waals surface area contributed by atoms with E-state index in [2.05, 4.69) is 5.32 Å². The van der Waals surface area contributed by atoms with Gasteiger partial charge < -0.3 is 10.4 Å². The molecule has 0 aromatic carbocycles. The smallest absolute Gasteiger partial charge is 0.320 e. The third kappa shape index (κ3) is 0.980. The van der Waals surface area contributed by atoms with Crippen LogP contribution in [0, 0.1) is 0 Å². The predicted molar refractivity (Wildman–Crippen MR) is 28.7 cm³/mol. The molecule has 1 fully saturated rings. The molecule has 0 spiro atoms. The maximum absolute atomic E-state index is 10.1. The Balaban J connectivity index is 2.35. The van der Waals surface area contributed by atoms with Crippen molar-refractivity contribution in [1.29, 1.82) is 0 Å². The van der Waals surface area contributed by atoms with Gasteiger partial charge in [0.2, 0.25) is 0 Å². The molecule has 1 aliphatic rings. The van der Waals surface area contributed by atoms with Gasteiger partial charge in [-0.1, -0.05) is 0 Å². The first kappa shape index (κ1) is 5.56. The van der Waals surface area contributed by atoms with Crippen molar-refractivity contribution in [2.24, 2.45) is 0 Å². The van der Waals surface area contributed by atoms with E-state index >= 15 is 0 Å². The van der Waals surface area contributed by atoms with Crippen LogP contribution in [0.25, 0.3) is 0 Å². The van der Waals surface area contributed by atoms with Crippen molar-refractivity contribution in [3.05, 3.63) is 0 Å². The van der Waals surface area contributed by atoms with Crippen molar-refractivity contribution in [3.8, 4) is 0 Å². The fourth-order valence-electron chi connectivity index (χ4n) is 0.895. The topological polar surface area (TPSA) is 49.3 Å². The van der Waals surface area contributed by atoms with Crippen LogP contribution < -0.4 is 5.32 Å². The summed E-state index contributed by atoms with van der Waals surface area (Å²) in [5.41, 5.74) is 0. The summed E-state index contributed by atoms with van der Waals surface area (Å²) in [5.74, 6) is -0.720. The van der Waals surface area contributed by atoms with Gasteiger partial charge in [-0.15, -0.1) is 0 Å². The number of hydrogen-bond acceptors (Lipinski definition) is 2. The highest BCUT2D eigenvalue weighted by atomic mass is 16.5. The lowest BCUT2D eigenvalue weighted by molar-refractivity contribution is -0.139. The number of carbonyl (C=O) groups is 1. The molecule has 3 nitrogen and oxygen atoms in total. The van der Waals surface area contributed by atoms with Gasteiger partial charge in [0.05, 0.1) is 0 Å². The average Bonchev–Trinajstić information content (AvgIpc) is 2.12. The van der Waals surface area contributed by atoms with Crippen LogP contribution in [0.3, 0.4) is 0 Å². The average molecular weight is 120 g/mol. The van der Waals surface area contributed by atoms with E-state index < -0.39 is 5.97 Å². The zero-order chi connectivity index (χ0) is 5.98. The lowest BCUT2D eigenvalue weighted by atomic mass is 11.2. The van der Waals surface area contributed by atoms with Crippen LogP contribution in [0.4, 0.5) is 0 Å². The van der Waals surface area contributed by atoms with Crippen molar-refractivity contribution in [2.45, 2.75) is 18.9 Å². The standard InChI is InChI=1S/C5H9NO2/c7-5(8)4-2-1-3-6-4/h4,6H,1-3H2,(H,7,8)/t4-/m0/s1/i1+1,2+1,3+1,4+1,5+1. The minimum absolute atomic E-state index is 0.269. The van der Waals surface area contributed by atoms with Gasteiger partial charge in [-0.3, -0.25) is 4.79 Å². The molecule has 46 valence electrons. The first-order chi connectivity index (χ1) is 3.80. The molecule has 0 aromatic heterocycles. The number of rotatable bonds is 1. The Morgan fingerprint density at radius 2 is 2.50 bits per heavy atom. The summed E-state index contributed by atoms with van der Waals surface area (Å²) < 4.78 is 0. The van der Waals surface area contributed by atoms with Gasteiger partial charge in [-0.05, 0) is 19.4 Å². The molecule has 0 amide bonds. The minimum Gasteiger partial charge on any atom is -0.480 e. The van der Waals surface area contributed by atoms with E-state index in [1.165, 1.54) is 0 Å². The molecule has 2 N–H and O–H groups in total. The quantitative estimate of drug-likeness (QED) is 0.472. The summed E-state index contributed by atoms with van der Waals surface area (Å²) in [5, 5.41) is 11.2. The van der Waals surface area contributed by atoms with Crippen molar-refractivity contribution >= 4 is 5.97 Å². The van der Waals surface area contributed by atoms with Crippen molar-refractivity contribution in [2.75, 3.05) is 6.54 Å². The highest BCUT2D eigenvalue weighted by Crippen LogP contribution is 2.03. The molecular formula is C5H9NO2. The number of aliphatic carboxylic acids is 1. The van der Waals surface area contributed by atoms with E-state index in [0.717, 1.165) is 19.4 Å². The molecular weight excluding hydrogens is 111 g/mol. The van der Waals surface area contributed by atoms with Crippen LogP contribution in [0.2, 0.25) is 0 Å². The fraction of sp³-hybridized carbons (Fsp3) is 0.800. The molecule has 1 atom stereocenters. The molecule has 1 aliphatic heterocycles. The van der Waals surface area contributed by atoms with Crippen molar-refractivity contribution in [3.63, 3.8) is 0 Å². The second kappa shape index (κ2) is 2.13. The molecule has 0 aromatic rings. The molecule has 0 saturated carbocycles. The molecule has 0 bridgehead atoms. The van der Waals surface area contributed by atoms with Crippen LogP contribution >= 0.6 is 0 Å². The molecule has 0 radical (unpaired) electrons. The van der Waals surface area contributed by atoms with Crippen molar-refractivity contribution in [1.82, 2.24) is 5.32 Å². The van der Waals surface area contributed by atoms with E-state index in [1.807, 2.05) is 0 Å². The van der Waals surface area contributed by atoms with Crippen LogP contribution in [0.15, 0.2) is 0 Å². The summed E-state index contributed by atoms with van der Waals surface area (Å²) in [6.45, 7) is 0.858. The largest absolute Gasteiger partial charge is 0.480 e. The van der Waals surface area contributed by atoms with E-state index in [-0.39, 0.29) is 6.04 Å². The summed E-state index contributed by atoms with van der Waals surface area (Å²) in [6.07, 6.45) is 1.78. The van der Waals surface area contributed by atoms with Crippen LogP contribution in [0.5, 0.6) is 0 Å². The Labute approximate surface area is 47.7 Å². The minimum atomic E-state index is -0.720. The monoisotopic (exact) mass is 120 g/mol. The molecule has 3 heteroatoms. The maximum Gasteiger partial charge on any atom is 0.320 e. The molecule has 0 unspecified atom stereocenters. The summed E-state index contributed by atoms with van der Waals surface area (Å²) >= 11 is 0. The third-order valence-corrected chi connectivity index (χ3v) is 1.36. The van der Waals surface area contributed by atoms with Crippen molar-refractivity contribution < 1.29 is 9.90 Å². The summed E-state index contributed by atoms with van der Waals surface area (Å²) in [4.78, 5) is 10.1. The molecule has 8 heavy (non-hydrogen) atoms. The Hall–Kier alpha value is -0.570. The molecule has 1 rings (SSSR count). The van der Waals surface area contributed by atoms with Crippen LogP contribution in [-0.2, 0) is 4.79 Å². The van der Waals surface area contributed by atoms with Gasteiger partial charge in [0.25, 0.3) is 0 Å². The zero-order valence-electron chi connectivity index (χ0n) is 4.55. The zero-order valence-corrected chi connectivity index (χ0v) is 4.55. The second-order valence-electron chi connectivity index (χ2n) is 1.99. The van der Waals surface area contributed by atoms with Crippen LogP contribution in [0.1, 0.15) is 12.8 Å². The predicted octanol–water partition coefficient (Wildman–Crippen LogP) is -0.177. The van der Waals surface area contributed by atoms with Gasteiger partial charge in [0.15, 0.2) is 0 Å². The Kier molecular flexibility index (Phi) is 1.48. The van der Waals surface area contributed by atoms with E-state index in [4.69, 9.17) is 5.11 Å². The highest BCUT2D eigenvalue weighted by molar-refractivity contribution is 5.73. The third-order valence-electron chi connectivity index (χ3n) is 1.36. The Bertz CT molecular complexity index is 96.6. The van der Waals surface area contributed by atoms with Gasteiger partial charge in [-0.2, -0.15) is 0 Å². The first-order valence-electron chi connectivity index (χ1n) is 2.77. The van der Waals surface area contributed by atoms with Gasteiger partial charge in [0.1, 0.15) is 6.04 Å². The van der Waals surface area contributed by atoms with E-state index in [9.17, 15) is 4.79 Å². The van der Waals surface area contributed by atoms with E-state index in [0.29, 0.717) is 0 Å². The Morgan fingerprint density at radius 1 is 1.75 bits per heavy atom. The SMILES string of the molecule is O=[13C](O)[13C@@H]1[13CH2][13CH2][13CH2]N1. The molecule has 0 aliphatic carbocycles. The van der Waals surface area contributed by atoms with Gasteiger partial charge in [-0.25, -0.2) is 0 Å². The number of hydrogen-bond donors (Lipinski definition) is 2. The molecule has 1 heterocycles. The highest BCUT2D eigenvalue weighted by Gasteiger charge is 2.20. The maximum atomic E-state index is 10.1. The molecule has 1 saturated heterocycles. The summed E-state index contributed by atoms with van der Waals surface area (Å²) in [7, 11) is 0. The number of carboxylic acid groups (broad SMARTS) is 1. The normalized spacial score (nSPS) is 28.2. The van der Waals surface area contributed by atoms with Gasteiger partial charge >= 0.3 is 5.97 Å². The number of nitrogens with one attached hydrogen (secondary N) is 1. The fourth-order valence-corrected chi connectivity index (χ4v) is 0.895. The first-order valence-corrected chi connectivity index (χ1v) is 2.77. The van der Waals surface area contributed by atoms with Crippen LogP contribution in [-0.4, -0.2) is 23.7 Å². The lowest BCUT2D eigenvalue weighted by Crippen LogP contribution is -2.29. The Morgan fingerprint density at radius 3 is 2.75 bits per heavy atom. The second-order valence-corrected chi connectivity index (χ2v) is 1.99. The van der Waals surface area contributed by atoms with E-state index in [1.54, 1.807) is 0 Å². The number of carboxylic acids is 1. The summed E-state index contributed by atoms with van der Waals surface area (Å²) in [6, 6.07) is -0.269. The lowest BCUT2D eigenvalue weighted by Gasteiger charge is -1.99. The van der Waals surface area contributed by atoms with Gasteiger partial charge in [0, 0.05) is 0 Å².